The van der Waals surface area contributed by atoms with Crippen molar-refractivity contribution in [2.75, 3.05) is 39.6 Å². The lowest BCUT2D eigenvalue weighted by Gasteiger charge is -2.21. The van der Waals surface area contributed by atoms with E-state index < -0.39 is 97.5 Å². The second kappa shape index (κ2) is 74.9. The zero-order chi connectivity index (χ0) is 74.1. The van der Waals surface area contributed by atoms with Gasteiger partial charge in [-0.1, -0.05) is 388 Å². The quantitative estimate of drug-likeness (QED) is 0.0222. The van der Waals surface area contributed by atoms with Gasteiger partial charge in [-0.25, -0.2) is 9.13 Å². The minimum absolute atomic E-state index is 0.109. The largest absolute Gasteiger partial charge is 0.472 e. The van der Waals surface area contributed by atoms with Crippen molar-refractivity contribution in [3.05, 3.63) is 0 Å². The number of ether oxygens (including phenoxy) is 4. The average Bonchev–Trinajstić information content (AvgIpc) is 0.944. The van der Waals surface area contributed by atoms with Crippen LogP contribution in [-0.4, -0.2) is 96.7 Å². The second-order valence-corrected chi connectivity index (χ2v) is 32.9. The van der Waals surface area contributed by atoms with Gasteiger partial charge in [0.25, 0.3) is 0 Å². The van der Waals surface area contributed by atoms with Crippen LogP contribution in [-0.2, 0) is 65.4 Å². The van der Waals surface area contributed by atoms with E-state index in [0.29, 0.717) is 25.7 Å². The highest BCUT2D eigenvalue weighted by atomic mass is 31.2. The Morgan fingerprint density at radius 2 is 0.455 bits per heavy atom. The second-order valence-electron chi connectivity index (χ2n) is 30.0. The van der Waals surface area contributed by atoms with Crippen LogP contribution in [0.25, 0.3) is 0 Å². The summed E-state index contributed by atoms with van der Waals surface area (Å²) in [5.74, 6) is -1.30. The van der Waals surface area contributed by atoms with Crippen LogP contribution in [0.2, 0.25) is 0 Å². The van der Waals surface area contributed by atoms with Gasteiger partial charge in [-0.15, -0.1) is 0 Å². The minimum atomic E-state index is -4.96. The van der Waals surface area contributed by atoms with Gasteiger partial charge in [0.15, 0.2) is 12.2 Å². The molecule has 5 atom stereocenters. The first-order valence-corrected chi connectivity index (χ1v) is 45.6. The van der Waals surface area contributed by atoms with Crippen LogP contribution in [0, 0.1) is 5.92 Å². The van der Waals surface area contributed by atoms with Crippen molar-refractivity contribution in [3.63, 3.8) is 0 Å². The minimum Gasteiger partial charge on any atom is -0.462 e. The molecule has 0 bridgehead atoms. The van der Waals surface area contributed by atoms with Crippen LogP contribution in [0.1, 0.15) is 439 Å². The van der Waals surface area contributed by atoms with Crippen LogP contribution in [0.3, 0.4) is 0 Å². The lowest BCUT2D eigenvalue weighted by molar-refractivity contribution is -0.161. The first-order valence-electron chi connectivity index (χ1n) is 42.6. The number of carbonyl (C=O) groups excluding carboxylic acids is 4. The van der Waals surface area contributed by atoms with Gasteiger partial charge >= 0.3 is 39.5 Å². The van der Waals surface area contributed by atoms with Gasteiger partial charge in [-0.05, 0) is 31.6 Å². The van der Waals surface area contributed by atoms with Crippen molar-refractivity contribution in [3.8, 4) is 0 Å². The zero-order valence-electron chi connectivity index (χ0n) is 66.1. The van der Waals surface area contributed by atoms with Crippen molar-refractivity contribution in [2.45, 2.75) is 457 Å². The Hall–Kier alpha value is -1.94. The number of carbonyl (C=O) groups is 4. The predicted octanol–water partition coefficient (Wildman–Crippen LogP) is 24.8. The lowest BCUT2D eigenvalue weighted by atomic mass is 10.0. The van der Waals surface area contributed by atoms with Gasteiger partial charge in [0.1, 0.15) is 19.3 Å². The van der Waals surface area contributed by atoms with Crippen molar-refractivity contribution >= 4 is 39.5 Å². The maximum Gasteiger partial charge on any atom is 0.472 e. The normalized spacial score (nSPS) is 13.8. The summed E-state index contributed by atoms with van der Waals surface area (Å²) in [6, 6.07) is 0. The van der Waals surface area contributed by atoms with Gasteiger partial charge in [0.05, 0.1) is 26.4 Å². The lowest BCUT2D eigenvalue weighted by Crippen LogP contribution is -2.30. The van der Waals surface area contributed by atoms with Crippen LogP contribution in [0.5, 0.6) is 0 Å². The third kappa shape index (κ3) is 76.1. The van der Waals surface area contributed by atoms with Crippen molar-refractivity contribution in [1.29, 1.82) is 0 Å². The Balaban J connectivity index is 5.19. The van der Waals surface area contributed by atoms with E-state index in [0.717, 1.165) is 95.8 Å². The molecule has 0 fully saturated rings. The maximum absolute atomic E-state index is 13.1. The topological polar surface area (TPSA) is 237 Å². The third-order valence-electron chi connectivity index (χ3n) is 19.3. The van der Waals surface area contributed by atoms with E-state index in [4.69, 9.17) is 37.0 Å². The molecular weight excluding hydrogens is 1320 g/mol. The number of unbranched alkanes of at least 4 members (excludes halogenated alkanes) is 54. The van der Waals surface area contributed by atoms with Crippen molar-refractivity contribution < 1.29 is 80.2 Å². The molecule has 0 aromatic rings. The van der Waals surface area contributed by atoms with E-state index in [-0.39, 0.29) is 25.7 Å². The first kappa shape index (κ1) is 99.1. The monoisotopic (exact) mass is 1480 g/mol. The third-order valence-corrected chi connectivity index (χ3v) is 21.2. The van der Waals surface area contributed by atoms with Gasteiger partial charge in [0, 0.05) is 25.7 Å². The number of hydrogen-bond donors (Lipinski definition) is 3. The molecule has 0 aromatic carbocycles. The van der Waals surface area contributed by atoms with Crippen LogP contribution in [0.15, 0.2) is 0 Å². The van der Waals surface area contributed by atoms with Crippen LogP contribution < -0.4 is 0 Å². The highest BCUT2D eigenvalue weighted by molar-refractivity contribution is 7.47. The van der Waals surface area contributed by atoms with E-state index in [1.165, 1.54) is 263 Å². The number of phosphoric ester groups is 2. The Kier molecular flexibility index (Phi) is 73.5. The molecule has 0 amide bonds. The van der Waals surface area contributed by atoms with E-state index in [9.17, 15) is 43.2 Å². The molecule has 0 heterocycles. The SMILES string of the molecule is CCCCCCCCCCCCCCCCCCCCC(=O)OC[C@H](COP(=O)(O)OC[C@@H](O)COP(=O)(O)OC[C@@H](COC(=O)CCCCCCCCCC)OC(=O)CCCCCCCCCCCCCCCCCCC)OC(=O)CCCCCCCCCCCCCCCCCC(C)C. The molecule has 0 saturated carbocycles. The Labute approximate surface area is 619 Å². The van der Waals surface area contributed by atoms with Gasteiger partial charge < -0.3 is 33.8 Å². The maximum atomic E-state index is 13.1. The van der Waals surface area contributed by atoms with Gasteiger partial charge in [0.2, 0.25) is 0 Å². The van der Waals surface area contributed by atoms with Gasteiger partial charge in [-0.3, -0.25) is 37.3 Å². The number of esters is 4. The molecule has 101 heavy (non-hydrogen) atoms. The molecule has 600 valence electrons. The molecule has 19 heteroatoms. The highest BCUT2D eigenvalue weighted by Gasteiger charge is 2.30. The molecule has 0 aliphatic heterocycles. The van der Waals surface area contributed by atoms with E-state index >= 15 is 0 Å². The molecule has 0 spiro atoms. The Morgan fingerprint density at radius 3 is 0.673 bits per heavy atom. The molecule has 0 aliphatic carbocycles. The molecule has 0 aromatic heterocycles. The Bertz CT molecular complexity index is 1930. The van der Waals surface area contributed by atoms with Crippen molar-refractivity contribution in [2.24, 2.45) is 5.92 Å². The molecule has 0 rings (SSSR count). The highest BCUT2D eigenvalue weighted by Crippen LogP contribution is 2.45. The van der Waals surface area contributed by atoms with Crippen LogP contribution in [0.4, 0.5) is 0 Å². The van der Waals surface area contributed by atoms with Crippen LogP contribution >= 0.6 is 15.6 Å². The number of aliphatic hydroxyl groups excluding tert-OH is 1. The summed E-state index contributed by atoms with van der Waals surface area (Å²) in [7, 11) is -9.92. The standard InChI is InChI=1S/C82H160O17P2/c1-6-9-12-15-18-21-23-25-27-29-31-34-38-42-46-51-56-61-66-80(85)93-72-78(99-82(87)68-63-58-53-48-44-40-36-32-33-37-41-45-49-54-59-64-75(4)5)74-97-101(90,91)95-70-76(83)69-94-100(88,89)96-73-77(71-92-79(84)65-60-55-50-20-17-14-11-8-3)98-81(86)67-62-57-52-47-43-39-35-30-28-26-24-22-19-16-13-10-7-2/h75-78,83H,6-74H2,1-5H3,(H,88,89)(H,90,91)/t76-,77+,78+/m0/s1. The molecule has 3 N–H and O–H groups in total. The smallest absolute Gasteiger partial charge is 0.462 e. The fourth-order valence-electron chi connectivity index (χ4n) is 12.8. The summed E-state index contributed by atoms with van der Waals surface area (Å²) in [6.07, 6.45) is 66.7. The summed E-state index contributed by atoms with van der Waals surface area (Å²) in [5.41, 5.74) is 0. The predicted molar refractivity (Wildman–Crippen MR) is 414 cm³/mol. The summed E-state index contributed by atoms with van der Waals surface area (Å²) < 4.78 is 68.7. The zero-order valence-corrected chi connectivity index (χ0v) is 67.8. The van der Waals surface area contributed by atoms with E-state index in [1.54, 1.807) is 0 Å². The number of phosphoric acid groups is 2. The van der Waals surface area contributed by atoms with Gasteiger partial charge in [-0.2, -0.15) is 0 Å². The summed E-state index contributed by atoms with van der Waals surface area (Å²) in [5, 5.41) is 10.6. The van der Waals surface area contributed by atoms with Crippen molar-refractivity contribution in [1.82, 2.24) is 0 Å². The fourth-order valence-corrected chi connectivity index (χ4v) is 14.3. The summed E-state index contributed by atoms with van der Waals surface area (Å²) >= 11 is 0. The molecule has 2 unspecified atom stereocenters. The fraction of sp³-hybridized carbons (Fsp3) is 0.951. The first-order chi connectivity index (χ1) is 49.0. The van der Waals surface area contributed by atoms with E-state index in [1.807, 2.05) is 0 Å². The molecule has 0 aliphatic rings. The molecule has 0 radical (unpaired) electrons. The number of hydrogen-bond acceptors (Lipinski definition) is 15. The molecular formula is C82H160O17P2. The average molecular weight is 1480 g/mol. The molecule has 17 nitrogen and oxygen atoms in total. The van der Waals surface area contributed by atoms with E-state index in [2.05, 4.69) is 34.6 Å². The molecule has 0 saturated heterocycles. The Morgan fingerprint density at radius 1 is 0.267 bits per heavy atom. The summed E-state index contributed by atoms with van der Waals surface area (Å²) in [6.45, 7) is 7.34. The number of rotatable bonds is 82. The summed E-state index contributed by atoms with van der Waals surface area (Å²) in [4.78, 5) is 73.0. The number of aliphatic hydroxyl groups is 1.